The smallest absolute Gasteiger partial charge is 0.251 e. The average Bonchev–Trinajstić information content (AvgIpc) is 2.66. The predicted molar refractivity (Wildman–Crippen MR) is 112 cm³/mol. The summed E-state index contributed by atoms with van der Waals surface area (Å²) in [6.07, 6.45) is 5.68. The summed E-state index contributed by atoms with van der Waals surface area (Å²) in [5, 5.41) is 6.44. The summed E-state index contributed by atoms with van der Waals surface area (Å²) >= 11 is 0. The Bertz CT molecular complexity index is 707. The fraction of sp³-hybridized carbons (Fsp3) is 0.400. The van der Waals surface area contributed by atoms with E-state index in [4.69, 9.17) is 4.74 Å². The van der Waals surface area contributed by atoms with Gasteiger partial charge in [0.05, 0.1) is 0 Å². The van der Waals surface area contributed by atoms with E-state index in [0.29, 0.717) is 24.5 Å². The van der Waals surface area contributed by atoms with Crippen molar-refractivity contribution in [3.8, 4) is 5.75 Å². The summed E-state index contributed by atoms with van der Waals surface area (Å²) in [6.45, 7) is 5.41. The standard InChI is InChI=1S/C20H25N3O2.2ClH/c1-20(7-10-21-11-8-20)15-23-19(24)17-5-2-6-18(12-17)25-14-16-4-3-9-22-13-16;;/h2-6,9,12-13,21H,7-8,10-11,14-15H2,1H3,(H,23,24);2*1H. The van der Waals surface area contributed by atoms with Crippen LogP contribution >= 0.6 is 24.8 Å². The second-order valence-electron chi connectivity index (χ2n) is 6.92. The largest absolute Gasteiger partial charge is 0.489 e. The second-order valence-corrected chi connectivity index (χ2v) is 6.92. The van der Waals surface area contributed by atoms with E-state index in [0.717, 1.165) is 31.5 Å². The Labute approximate surface area is 173 Å². The lowest BCUT2D eigenvalue weighted by Crippen LogP contribution is -2.42. The molecular formula is C20H27Cl2N3O2. The number of aromatic nitrogens is 1. The minimum Gasteiger partial charge on any atom is -0.489 e. The van der Waals surface area contributed by atoms with Gasteiger partial charge in [-0.15, -0.1) is 24.8 Å². The SMILES string of the molecule is CC1(CNC(=O)c2cccc(OCc3cccnc3)c2)CCNCC1.Cl.Cl. The molecule has 7 heteroatoms. The van der Waals surface area contributed by atoms with Crippen LogP contribution in [0.4, 0.5) is 0 Å². The van der Waals surface area contributed by atoms with Gasteiger partial charge in [0.2, 0.25) is 0 Å². The highest BCUT2D eigenvalue weighted by molar-refractivity contribution is 5.94. The van der Waals surface area contributed by atoms with E-state index in [1.165, 1.54) is 0 Å². The Hall–Kier alpha value is -1.82. The molecule has 148 valence electrons. The maximum Gasteiger partial charge on any atom is 0.251 e. The summed E-state index contributed by atoms with van der Waals surface area (Å²) in [5.41, 5.74) is 1.80. The number of hydrogen-bond donors (Lipinski definition) is 2. The summed E-state index contributed by atoms with van der Waals surface area (Å²) < 4.78 is 5.77. The molecule has 0 spiro atoms. The molecule has 5 nitrogen and oxygen atoms in total. The molecule has 0 radical (unpaired) electrons. The summed E-state index contributed by atoms with van der Waals surface area (Å²) in [6, 6.07) is 11.2. The van der Waals surface area contributed by atoms with Gasteiger partial charge in [0, 0.05) is 30.1 Å². The number of benzene rings is 1. The number of carbonyl (C=O) groups is 1. The molecule has 1 saturated heterocycles. The number of piperidine rings is 1. The number of halogens is 2. The number of pyridine rings is 1. The zero-order chi connectivity index (χ0) is 17.5. The van der Waals surface area contributed by atoms with Crippen LogP contribution < -0.4 is 15.4 Å². The van der Waals surface area contributed by atoms with E-state index in [-0.39, 0.29) is 36.1 Å². The molecule has 3 rings (SSSR count). The van der Waals surface area contributed by atoms with E-state index in [9.17, 15) is 4.79 Å². The van der Waals surface area contributed by atoms with Crippen molar-refractivity contribution >= 4 is 30.7 Å². The maximum atomic E-state index is 12.5. The molecule has 1 fully saturated rings. The van der Waals surface area contributed by atoms with Crippen LogP contribution in [-0.4, -0.2) is 30.5 Å². The molecule has 1 aromatic carbocycles. The van der Waals surface area contributed by atoms with Crippen molar-refractivity contribution in [2.75, 3.05) is 19.6 Å². The molecule has 2 N–H and O–H groups in total. The summed E-state index contributed by atoms with van der Waals surface area (Å²) in [4.78, 5) is 16.5. The first kappa shape index (κ1) is 23.2. The van der Waals surface area contributed by atoms with Crippen molar-refractivity contribution in [3.63, 3.8) is 0 Å². The van der Waals surface area contributed by atoms with E-state index >= 15 is 0 Å². The highest BCUT2D eigenvalue weighted by Crippen LogP contribution is 2.26. The molecule has 1 aromatic heterocycles. The fourth-order valence-electron chi connectivity index (χ4n) is 2.98. The molecule has 1 aliphatic rings. The van der Waals surface area contributed by atoms with Gasteiger partial charge in [-0.05, 0) is 55.6 Å². The van der Waals surface area contributed by atoms with Gasteiger partial charge in [0.15, 0.2) is 0 Å². The molecule has 2 aromatic rings. The number of carbonyl (C=O) groups excluding carboxylic acids is 1. The molecule has 1 aliphatic heterocycles. The molecule has 2 heterocycles. The van der Waals surface area contributed by atoms with Gasteiger partial charge < -0.3 is 15.4 Å². The van der Waals surface area contributed by atoms with E-state index in [1.54, 1.807) is 18.5 Å². The Morgan fingerprint density at radius 3 is 2.70 bits per heavy atom. The highest BCUT2D eigenvalue weighted by atomic mass is 35.5. The van der Waals surface area contributed by atoms with Crippen molar-refractivity contribution < 1.29 is 9.53 Å². The minimum atomic E-state index is -0.0495. The van der Waals surface area contributed by atoms with Crippen LogP contribution in [0.25, 0.3) is 0 Å². The van der Waals surface area contributed by atoms with Crippen LogP contribution in [-0.2, 0) is 6.61 Å². The van der Waals surface area contributed by atoms with Crippen molar-refractivity contribution in [1.82, 2.24) is 15.6 Å². The molecule has 0 bridgehead atoms. The van der Waals surface area contributed by atoms with Gasteiger partial charge in [0.25, 0.3) is 5.91 Å². The van der Waals surface area contributed by atoms with Crippen molar-refractivity contribution in [3.05, 3.63) is 59.9 Å². The van der Waals surface area contributed by atoms with Crippen molar-refractivity contribution in [2.24, 2.45) is 5.41 Å². The monoisotopic (exact) mass is 411 g/mol. The number of ether oxygens (including phenoxy) is 1. The lowest BCUT2D eigenvalue weighted by atomic mass is 9.81. The predicted octanol–water partition coefficient (Wildman–Crippen LogP) is 3.62. The van der Waals surface area contributed by atoms with Crippen LogP contribution in [0, 0.1) is 5.41 Å². The number of nitrogens with one attached hydrogen (secondary N) is 2. The normalized spacial score (nSPS) is 15.0. The van der Waals surface area contributed by atoms with Crippen LogP contribution in [0.5, 0.6) is 5.75 Å². The van der Waals surface area contributed by atoms with Crippen molar-refractivity contribution in [2.45, 2.75) is 26.4 Å². The quantitative estimate of drug-likeness (QED) is 0.761. The van der Waals surface area contributed by atoms with E-state index < -0.39 is 0 Å². The second kappa shape index (κ2) is 11.1. The van der Waals surface area contributed by atoms with Crippen LogP contribution in [0.3, 0.4) is 0 Å². The summed E-state index contributed by atoms with van der Waals surface area (Å²) in [5.74, 6) is 0.635. The van der Waals surface area contributed by atoms with Crippen molar-refractivity contribution in [1.29, 1.82) is 0 Å². The zero-order valence-corrected chi connectivity index (χ0v) is 17.1. The minimum absolute atomic E-state index is 0. The lowest BCUT2D eigenvalue weighted by Gasteiger charge is -2.34. The molecule has 0 saturated carbocycles. The van der Waals surface area contributed by atoms with Gasteiger partial charge >= 0.3 is 0 Å². The lowest BCUT2D eigenvalue weighted by molar-refractivity contribution is 0.0922. The Morgan fingerprint density at radius 2 is 2.00 bits per heavy atom. The van der Waals surface area contributed by atoms with Gasteiger partial charge in [-0.25, -0.2) is 0 Å². The van der Waals surface area contributed by atoms with E-state index in [1.807, 2.05) is 30.3 Å². The third kappa shape index (κ3) is 7.01. The Kier molecular flexibility index (Phi) is 9.56. The van der Waals surface area contributed by atoms with Gasteiger partial charge in [-0.3, -0.25) is 9.78 Å². The third-order valence-electron chi connectivity index (χ3n) is 4.71. The Balaban J connectivity index is 0.00000182. The number of amides is 1. The fourth-order valence-corrected chi connectivity index (χ4v) is 2.98. The van der Waals surface area contributed by atoms with Crippen LogP contribution in [0.15, 0.2) is 48.8 Å². The Morgan fingerprint density at radius 1 is 1.22 bits per heavy atom. The molecular weight excluding hydrogens is 385 g/mol. The first-order valence-corrected chi connectivity index (χ1v) is 8.75. The maximum absolute atomic E-state index is 12.5. The first-order valence-electron chi connectivity index (χ1n) is 8.75. The van der Waals surface area contributed by atoms with Gasteiger partial charge in [-0.1, -0.05) is 19.1 Å². The molecule has 0 aliphatic carbocycles. The topological polar surface area (TPSA) is 63.2 Å². The van der Waals surface area contributed by atoms with Crippen LogP contribution in [0.2, 0.25) is 0 Å². The van der Waals surface area contributed by atoms with Gasteiger partial charge in [-0.2, -0.15) is 0 Å². The molecule has 0 atom stereocenters. The molecule has 1 amide bonds. The third-order valence-corrected chi connectivity index (χ3v) is 4.71. The van der Waals surface area contributed by atoms with E-state index in [2.05, 4.69) is 22.5 Å². The first-order chi connectivity index (χ1) is 12.1. The molecule has 0 unspecified atom stereocenters. The molecule has 27 heavy (non-hydrogen) atoms. The summed E-state index contributed by atoms with van der Waals surface area (Å²) in [7, 11) is 0. The highest BCUT2D eigenvalue weighted by Gasteiger charge is 2.27. The average molecular weight is 412 g/mol. The number of rotatable bonds is 6. The zero-order valence-electron chi connectivity index (χ0n) is 15.4. The van der Waals surface area contributed by atoms with Crippen LogP contribution in [0.1, 0.15) is 35.7 Å². The number of nitrogens with zero attached hydrogens (tertiary/aromatic N) is 1. The van der Waals surface area contributed by atoms with Gasteiger partial charge in [0.1, 0.15) is 12.4 Å². The number of hydrogen-bond acceptors (Lipinski definition) is 4.